The van der Waals surface area contributed by atoms with Crippen LogP contribution in [-0.2, 0) is 14.3 Å². The molecule has 88 valence electrons. The standard InChI is InChI=1S/C10H16Cl2O3/c1-5-6-14-9(15-8(4)13)10(11,12)7(2)3/h5,7,9H,1,6H2,2-4H3. The van der Waals surface area contributed by atoms with Crippen LogP contribution < -0.4 is 0 Å². The fourth-order valence-electron chi connectivity index (χ4n) is 0.802. The zero-order chi connectivity index (χ0) is 12.1. The molecule has 0 heterocycles. The van der Waals surface area contributed by atoms with Crippen molar-refractivity contribution in [1.29, 1.82) is 0 Å². The van der Waals surface area contributed by atoms with E-state index in [4.69, 9.17) is 32.7 Å². The highest BCUT2D eigenvalue weighted by Gasteiger charge is 2.41. The SMILES string of the molecule is C=CCOC(OC(C)=O)C(Cl)(Cl)C(C)C. The molecule has 1 unspecified atom stereocenters. The number of hydrogen-bond donors (Lipinski definition) is 0. The van der Waals surface area contributed by atoms with Gasteiger partial charge >= 0.3 is 5.97 Å². The Kier molecular flexibility index (Phi) is 6.25. The second-order valence-electron chi connectivity index (χ2n) is 3.39. The third kappa shape index (κ3) is 4.87. The van der Waals surface area contributed by atoms with Crippen molar-refractivity contribution >= 4 is 29.2 Å². The number of esters is 1. The van der Waals surface area contributed by atoms with Gasteiger partial charge < -0.3 is 9.47 Å². The number of carbonyl (C=O) groups excluding carboxylic acids is 1. The number of alkyl halides is 2. The maximum atomic E-state index is 10.8. The highest BCUT2D eigenvalue weighted by Crippen LogP contribution is 2.36. The topological polar surface area (TPSA) is 35.5 Å². The zero-order valence-corrected chi connectivity index (χ0v) is 10.6. The molecule has 0 amide bonds. The lowest BCUT2D eigenvalue weighted by Gasteiger charge is -2.31. The van der Waals surface area contributed by atoms with Crippen LogP contribution in [0.25, 0.3) is 0 Å². The molecule has 0 fully saturated rings. The highest BCUT2D eigenvalue weighted by molar-refractivity contribution is 6.49. The maximum Gasteiger partial charge on any atom is 0.305 e. The van der Waals surface area contributed by atoms with Crippen LogP contribution in [0.1, 0.15) is 20.8 Å². The summed E-state index contributed by atoms with van der Waals surface area (Å²) in [7, 11) is 0. The van der Waals surface area contributed by atoms with E-state index in [1.807, 2.05) is 13.8 Å². The summed E-state index contributed by atoms with van der Waals surface area (Å²) in [6.45, 7) is 8.60. The van der Waals surface area contributed by atoms with Crippen molar-refractivity contribution in [1.82, 2.24) is 0 Å². The van der Waals surface area contributed by atoms with E-state index >= 15 is 0 Å². The van der Waals surface area contributed by atoms with Crippen LogP contribution in [-0.4, -0.2) is 23.2 Å². The van der Waals surface area contributed by atoms with E-state index in [1.165, 1.54) is 13.0 Å². The van der Waals surface area contributed by atoms with Crippen molar-refractivity contribution in [2.24, 2.45) is 5.92 Å². The Balaban J connectivity index is 4.59. The van der Waals surface area contributed by atoms with Crippen LogP contribution in [0.2, 0.25) is 0 Å². The van der Waals surface area contributed by atoms with Crippen molar-refractivity contribution in [3.8, 4) is 0 Å². The molecule has 0 rings (SSSR count). The van der Waals surface area contributed by atoms with Crippen molar-refractivity contribution in [2.75, 3.05) is 6.61 Å². The summed E-state index contributed by atoms with van der Waals surface area (Å²) >= 11 is 12.1. The van der Waals surface area contributed by atoms with Gasteiger partial charge in [0.1, 0.15) is 0 Å². The number of halogens is 2. The van der Waals surface area contributed by atoms with Gasteiger partial charge in [0.25, 0.3) is 0 Å². The second kappa shape index (κ2) is 6.36. The molecule has 0 aromatic carbocycles. The maximum absolute atomic E-state index is 10.8. The molecule has 5 heteroatoms. The van der Waals surface area contributed by atoms with E-state index in [1.54, 1.807) is 0 Å². The predicted molar refractivity (Wildman–Crippen MR) is 61.0 cm³/mol. The van der Waals surface area contributed by atoms with Crippen molar-refractivity contribution < 1.29 is 14.3 Å². The third-order valence-corrected chi connectivity index (χ3v) is 2.95. The summed E-state index contributed by atoms with van der Waals surface area (Å²) in [6, 6.07) is 0. The van der Waals surface area contributed by atoms with Crippen LogP contribution in [0.5, 0.6) is 0 Å². The van der Waals surface area contributed by atoms with Crippen molar-refractivity contribution in [3.63, 3.8) is 0 Å². The molecular formula is C10H16Cl2O3. The van der Waals surface area contributed by atoms with Crippen molar-refractivity contribution in [2.45, 2.75) is 31.4 Å². The van der Waals surface area contributed by atoms with Gasteiger partial charge in [0.05, 0.1) is 6.61 Å². The summed E-state index contributed by atoms with van der Waals surface area (Å²) in [4.78, 5) is 10.8. The summed E-state index contributed by atoms with van der Waals surface area (Å²) in [6.07, 6.45) is 0.539. The van der Waals surface area contributed by atoms with E-state index in [-0.39, 0.29) is 12.5 Å². The lowest BCUT2D eigenvalue weighted by atomic mass is 10.1. The molecule has 0 aromatic rings. The van der Waals surface area contributed by atoms with Gasteiger partial charge in [-0.3, -0.25) is 4.79 Å². The molecule has 3 nitrogen and oxygen atoms in total. The number of hydrogen-bond acceptors (Lipinski definition) is 3. The van der Waals surface area contributed by atoms with Gasteiger partial charge in [-0.05, 0) is 5.92 Å². The first-order chi connectivity index (χ1) is 6.82. The molecule has 0 saturated heterocycles. The average Bonchev–Trinajstić information content (AvgIpc) is 2.11. The molecule has 0 bridgehead atoms. The van der Waals surface area contributed by atoms with E-state index in [0.717, 1.165) is 0 Å². The predicted octanol–water partition coefficient (Wildman–Crippen LogP) is 2.91. The summed E-state index contributed by atoms with van der Waals surface area (Å²) in [5.74, 6) is -0.606. The average molecular weight is 255 g/mol. The Bertz CT molecular complexity index is 227. The first-order valence-corrected chi connectivity index (χ1v) is 5.35. The molecule has 0 radical (unpaired) electrons. The molecular weight excluding hydrogens is 239 g/mol. The molecule has 15 heavy (non-hydrogen) atoms. The Morgan fingerprint density at radius 1 is 1.53 bits per heavy atom. The van der Waals surface area contributed by atoms with E-state index in [9.17, 15) is 4.79 Å². The van der Waals surface area contributed by atoms with E-state index in [0.29, 0.717) is 0 Å². The zero-order valence-electron chi connectivity index (χ0n) is 9.13. The first-order valence-electron chi connectivity index (χ1n) is 4.59. The van der Waals surface area contributed by atoms with Gasteiger partial charge in [-0.1, -0.05) is 43.1 Å². The summed E-state index contributed by atoms with van der Waals surface area (Å²) < 4.78 is 8.84. The molecule has 0 aliphatic carbocycles. The Morgan fingerprint density at radius 2 is 2.07 bits per heavy atom. The quantitative estimate of drug-likeness (QED) is 0.317. The van der Waals surface area contributed by atoms with Crippen LogP contribution in [0.3, 0.4) is 0 Å². The molecule has 0 aliphatic heterocycles. The first kappa shape index (κ1) is 14.8. The minimum Gasteiger partial charge on any atom is -0.433 e. The Labute approximate surface area is 100 Å². The normalized spacial score (nSPS) is 13.7. The summed E-state index contributed by atoms with van der Waals surface area (Å²) in [5.41, 5.74) is 0. The molecule has 1 atom stereocenters. The molecule has 0 spiro atoms. The van der Waals surface area contributed by atoms with E-state index in [2.05, 4.69) is 6.58 Å². The Morgan fingerprint density at radius 3 is 2.40 bits per heavy atom. The van der Waals surface area contributed by atoms with Gasteiger partial charge in [-0.25, -0.2) is 0 Å². The van der Waals surface area contributed by atoms with Gasteiger partial charge in [-0.2, -0.15) is 0 Å². The molecule has 0 saturated carbocycles. The number of rotatable bonds is 6. The van der Waals surface area contributed by atoms with Crippen molar-refractivity contribution in [3.05, 3.63) is 12.7 Å². The number of carbonyl (C=O) groups is 1. The van der Waals surface area contributed by atoms with Crippen LogP contribution in [0, 0.1) is 5.92 Å². The Hall–Kier alpha value is -0.250. The van der Waals surface area contributed by atoms with Crippen LogP contribution in [0.15, 0.2) is 12.7 Å². The summed E-state index contributed by atoms with van der Waals surface area (Å²) in [5, 5.41) is 0. The third-order valence-electron chi connectivity index (χ3n) is 1.72. The lowest BCUT2D eigenvalue weighted by molar-refractivity contribution is -0.179. The second-order valence-corrected chi connectivity index (χ2v) is 4.84. The largest absolute Gasteiger partial charge is 0.433 e. The van der Waals surface area contributed by atoms with E-state index < -0.39 is 16.6 Å². The monoisotopic (exact) mass is 254 g/mol. The van der Waals surface area contributed by atoms with Crippen LogP contribution >= 0.6 is 23.2 Å². The minimum absolute atomic E-state index is 0.116. The molecule has 0 aliphatic rings. The molecule has 0 N–H and O–H groups in total. The molecule has 0 aromatic heterocycles. The minimum atomic E-state index is -1.27. The van der Waals surface area contributed by atoms with Gasteiger partial charge in [-0.15, -0.1) is 6.58 Å². The van der Waals surface area contributed by atoms with Gasteiger partial charge in [0.15, 0.2) is 4.33 Å². The fourth-order valence-corrected chi connectivity index (χ4v) is 1.02. The number of ether oxygens (including phenoxy) is 2. The van der Waals surface area contributed by atoms with Gasteiger partial charge in [0.2, 0.25) is 6.29 Å². The van der Waals surface area contributed by atoms with Crippen LogP contribution in [0.4, 0.5) is 0 Å². The smallest absolute Gasteiger partial charge is 0.305 e. The lowest BCUT2D eigenvalue weighted by Crippen LogP contribution is -2.41. The highest BCUT2D eigenvalue weighted by atomic mass is 35.5. The van der Waals surface area contributed by atoms with Gasteiger partial charge in [0, 0.05) is 6.92 Å². The fraction of sp³-hybridized carbons (Fsp3) is 0.700.